The van der Waals surface area contributed by atoms with Crippen LogP contribution < -0.4 is 5.64 Å². The summed E-state index contributed by atoms with van der Waals surface area (Å²) in [6, 6.07) is -0.410. The maximum Gasteiger partial charge on any atom is 0.335 e. The molecule has 6 nitrogen and oxygen atoms in total. The Morgan fingerprint density at radius 3 is 1.85 bits per heavy atom. The summed E-state index contributed by atoms with van der Waals surface area (Å²) in [4.78, 5) is 0. The highest BCUT2D eigenvalue weighted by molar-refractivity contribution is 6.84. The van der Waals surface area contributed by atoms with Crippen molar-refractivity contribution >= 4 is 24.5 Å². The van der Waals surface area contributed by atoms with Gasteiger partial charge in [-0.25, -0.2) is 0 Å². The predicted octanol–water partition coefficient (Wildman–Crippen LogP) is 2.34. The lowest BCUT2D eigenvalue weighted by molar-refractivity contribution is -0.0320. The molecule has 2 rings (SSSR count). The number of ether oxygens (including phenoxy) is 1. The molecule has 0 amide bonds. The third-order valence-electron chi connectivity index (χ3n) is 6.00. The van der Waals surface area contributed by atoms with Gasteiger partial charge in [0, 0.05) is 0 Å². The molecule has 0 aliphatic carbocycles. The highest BCUT2D eigenvalue weighted by atomic mass is 28.5. The first-order chi connectivity index (χ1) is 12.0. The molecule has 0 aromatic heterocycles. The molecule has 0 saturated carbocycles. The number of fused-ring (bicyclic) bond motifs is 1. The van der Waals surface area contributed by atoms with E-state index in [-0.39, 0.29) is 24.6 Å². The predicted molar refractivity (Wildman–Crippen MR) is 110 cm³/mol. The van der Waals surface area contributed by atoms with Gasteiger partial charge in [-0.05, 0) is 22.2 Å². The van der Waals surface area contributed by atoms with E-state index in [9.17, 15) is 5.11 Å². The molecule has 2 aliphatic heterocycles. The molecule has 0 spiro atoms. The molecule has 2 aliphatic rings. The van der Waals surface area contributed by atoms with Gasteiger partial charge < -0.3 is 28.5 Å². The summed E-state index contributed by atoms with van der Waals surface area (Å²) < 4.78 is 26.5. The van der Waals surface area contributed by atoms with Crippen molar-refractivity contribution in [2.24, 2.45) is 5.64 Å². The third kappa shape index (κ3) is 3.74. The van der Waals surface area contributed by atoms with Crippen molar-refractivity contribution in [3.05, 3.63) is 0 Å². The van der Waals surface area contributed by atoms with Crippen LogP contribution in [0, 0.1) is 0 Å². The normalized spacial score (nSPS) is 34.2. The number of nitrogens with two attached hydrogens (primary N) is 1. The molecular weight excluding hydrogens is 365 g/mol. The van der Waals surface area contributed by atoms with E-state index in [1.165, 1.54) is 0 Å². The van der Waals surface area contributed by atoms with Crippen molar-refractivity contribution in [1.29, 1.82) is 0 Å². The minimum atomic E-state index is -2.70. The van der Waals surface area contributed by atoms with Crippen LogP contribution in [0.25, 0.3) is 0 Å². The summed E-state index contributed by atoms with van der Waals surface area (Å²) in [5, 5.41) is 10.7. The van der Waals surface area contributed by atoms with Crippen LogP contribution in [0.15, 0.2) is 0 Å². The SMILES string of the molecule is CC(C)[Si]1(C(C)C)OC[C@H]2O[C@@H](BN)[C@@H](O)C2O[Si](C(C)C)(C(C)C)O1. The van der Waals surface area contributed by atoms with Crippen molar-refractivity contribution in [3.8, 4) is 0 Å². The van der Waals surface area contributed by atoms with Crippen LogP contribution in [0.3, 0.4) is 0 Å². The summed E-state index contributed by atoms with van der Waals surface area (Å²) in [6.07, 6.45) is -1.48. The van der Waals surface area contributed by atoms with Crippen LogP contribution >= 0.6 is 0 Å². The van der Waals surface area contributed by atoms with Gasteiger partial charge in [-0.1, -0.05) is 55.4 Å². The van der Waals surface area contributed by atoms with E-state index in [0.29, 0.717) is 17.7 Å². The quantitative estimate of drug-likeness (QED) is 0.686. The van der Waals surface area contributed by atoms with E-state index in [1.54, 1.807) is 0 Å². The van der Waals surface area contributed by atoms with Crippen molar-refractivity contribution in [3.63, 3.8) is 0 Å². The Bertz CT molecular complexity index is 464. The van der Waals surface area contributed by atoms with Gasteiger partial charge in [0.05, 0.1) is 12.6 Å². The van der Waals surface area contributed by atoms with Crippen molar-refractivity contribution in [2.45, 2.75) is 102 Å². The van der Waals surface area contributed by atoms with Gasteiger partial charge in [0.25, 0.3) is 0 Å². The molecule has 4 atom stereocenters. The molecular formula is C17H38BNO5Si2. The fourth-order valence-corrected chi connectivity index (χ4v) is 15.6. The van der Waals surface area contributed by atoms with Crippen LogP contribution in [0.5, 0.6) is 0 Å². The Hall–Kier alpha value is 0.259. The zero-order valence-corrected chi connectivity index (χ0v) is 19.7. The van der Waals surface area contributed by atoms with Crippen molar-refractivity contribution in [1.82, 2.24) is 0 Å². The van der Waals surface area contributed by atoms with Crippen molar-refractivity contribution in [2.75, 3.05) is 6.61 Å². The number of rotatable bonds is 5. The number of aliphatic hydroxyl groups is 1. The number of hydrogen-bond acceptors (Lipinski definition) is 6. The van der Waals surface area contributed by atoms with Crippen LogP contribution in [0.4, 0.5) is 0 Å². The summed E-state index contributed by atoms with van der Waals surface area (Å²) >= 11 is 0. The van der Waals surface area contributed by atoms with E-state index >= 15 is 0 Å². The molecule has 26 heavy (non-hydrogen) atoms. The van der Waals surface area contributed by atoms with Gasteiger partial charge in [0.2, 0.25) is 7.41 Å². The maximum absolute atomic E-state index is 10.7. The van der Waals surface area contributed by atoms with Gasteiger partial charge in [-0.2, -0.15) is 0 Å². The van der Waals surface area contributed by atoms with E-state index < -0.39 is 35.3 Å². The largest absolute Gasteiger partial charge is 0.414 e. The molecule has 1 unspecified atom stereocenters. The van der Waals surface area contributed by atoms with Crippen LogP contribution in [0.1, 0.15) is 55.4 Å². The highest BCUT2D eigenvalue weighted by Crippen LogP contribution is 2.47. The molecule has 2 heterocycles. The van der Waals surface area contributed by atoms with Crippen LogP contribution in [-0.4, -0.2) is 60.6 Å². The maximum atomic E-state index is 10.7. The Kier molecular flexibility index (Phi) is 7.22. The Balaban J connectivity index is 2.52. The Morgan fingerprint density at radius 1 is 0.923 bits per heavy atom. The fourth-order valence-electron chi connectivity index (χ4n) is 4.43. The molecule has 152 valence electrons. The number of hydrogen-bond donors (Lipinski definition) is 2. The Labute approximate surface area is 161 Å². The molecule has 0 aromatic carbocycles. The zero-order valence-electron chi connectivity index (χ0n) is 17.7. The fraction of sp³-hybridized carbons (Fsp3) is 1.00. The molecule has 2 saturated heterocycles. The second-order valence-corrected chi connectivity index (χ2v) is 17.8. The minimum absolute atomic E-state index is 0.235. The van der Waals surface area contributed by atoms with Gasteiger partial charge in [-0.15, -0.1) is 0 Å². The Morgan fingerprint density at radius 2 is 1.42 bits per heavy atom. The van der Waals surface area contributed by atoms with E-state index in [0.717, 1.165) is 0 Å². The standard InChI is InChI=1S/C17H38BNO5Si2/c1-10(2)25(11(3)4)21-9-14-16(15(20)17(18-19)22-14)23-26(24-25,12(5)6)13(7)8/h10-18,20H,9,19H2,1-8H3/t14-,15+,16?,17-/m1/s1. The zero-order chi connectivity index (χ0) is 19.9. The molecule has 0 bridgehead atoms. The summed E-state index contributed by atoms with van der Waals surface area (Å²) in [5.41, 5.74) is 6.86. The van der Waals surface area contributed by atoms with E-state index in [2.05, 4.69) is 55.4 Å². The van der Waals surface area contributed by atoms with Crippen molar-refractivity contribution < 1.29 is 22.8 Å². The lowest BCUT2D eigenvalue weighted by atomic mass is 9.83. The molecule has 3 N–H and O–H groups in total. The summed E-state index contributed by atoms with van der Waals surface area (Å²) in [7, 11) is -4.98. The summed E-state index contributed by atoms with van der Waals surface area (Å²) in [6.45, 7) is 17.8. The average molecular weight is 403 g/mol. The molecule has 9 heteroatoms. The minimum Gasteiger partial charge on any atom is -0.414 e. The first-order valence-corrected chi connectivity index (χ1v) is 14.0. The third-order valence-corrected chi connectivity index (χ3v) is 16.2. The second-order valence-electron chi connectivity index (χ2n) is 9.00. The van der Waals surface area contributed by atoms with E-state index in [1.807, 2.05) is 0 Å². The average Bonchev–Trinajstić information content (AvgIpc) is 2.81. The van der Waals surface area contributed by atoms with E-state index in [4.69, 9.17) is 23.3 Å². The lowest BCUT2D eigenvalue weighted by Gasteiger charge is -2.51. The smallest absolute Gasteiger partial charge is 0.335 e. The van der Waals surface area contributed by atoms with Crippen LogP contribution in [-0.2, 0) is 17.7 Å². The number of aliphatic hydroxyl groups excluding tert-OH is 1. The summed E-state index contributed by atoms with van der Waals surface area (Å²) in [5.74, 6) is 0. The topological polar surface area (TPSA) is 83.2 Å². The van der Waals surface area contributed by atoms with Crippen LogP contribution in [0.2, 0.25) is 22.2 Å². The van der Waals surface area contributed by atoms with Gasteiger partial charge in [0.1, 0.15) is 18.3 Å². The first-order valence-electron chi connectivity index (χ1n) is 10.1. The van der Waals surface area contributed by atoms with Gasteiger partial charge in [-0.3, -0.25) is 0 Å². The molecule has 0 radical (unpaired) electrons. The highest BCUT2D eigenvalue weighted by Gasteiger charge is 2.61. The second kappa shape index (κ2) is 8.32. The monoisotopic (exact) mass is 403 g/mol. The molecule has 2 fully saturated rings. The molecule has 0 aromatic rings. The first kappa shape index (κ1) is 22.5. The van der Waals surface area contributed by atoms with Gasteiger partial charge >= 0.3 is 17.1 Å². The van der Waals surface area contributed by atoms with Gasteiger partial charge in [0.15, 0.2) is 0 Å². The lowest BCUT2D eigenvalue weighted by Crippen LogP contribution is -2.65.